The van der Waals surface area contributed by atoms with Gasteiger partial charge in [-0.1, -0.05) is 6.92 Å². The highest BCUT2D eigenvalue weighted by atomic mass is 19.1. The third-order valence-electron chi connectivity index (χ3n) is 2.27. The Bertz CT molecular complexity index is 505. The Morgan fingerprint density at radius 2 is 2.06 bits per heavy atom. The number of ether oxygens (including phenoxy) is 1. The largest absolute Gasteiger partial charge is 0.388 e. The fourth-order valence-corrected chi connectivity index (χ4v) is 1.51. The summed E-state index contributed by atoms with van der Waals surface area (Å²) in [6.07, 6.45) is 2.07. The van der Waals surface area contributed by atoms with Gasteiger partial charge in [0.05, 0.1) is 0 Å². The first-order chi connectivity index (χ1) is 8.13. The molecule has 1 aromatic heterocycles. The molecule has 0 saturated heterocycles. The zero-order valence-electron chi connectivity index (χ0n) is 10.2. The van der Waals surface area contributed by atoms with Gasteiger partial charge in [0.1, 0.15) is 5.82 Å². The smallest absolute Gasteiger partial charge is 0.164 e. The molecule has 0 aliphatic carbocycles. The number of ketones is 1. The molecule has 0 bridgehead atoms. The van der Waals surface area contributed by atoms with Gasteiger partial charge in [-0.3, -0.25) is 4.79 Å². The lowest BCUT2D eigenvalue weighted by Crippen LogP contribution is -1.94. The van der Waals surface area contributed by atoms with Crippen molar-refractivity contribution < 1.29 is 13.9 Å². The summed E-state index contributed by atoms with van der Waals surface area (Å²) in [5.74, 6) is -0.288. The van der Waals surface area contributed by atoms with E-state index in [-0.39, 0.29) is 11.6 Å². The van der Waals surface area contributed by atoms with Crippen molar-refractivity contribution in [2.75, 3.05) is 14.2 Å². The number of hydrogen-bond donors (Lipinski definition) is 1. The van der Waals surface area contributed by atoms with Crippen molar-refractivity contribution in [2.24, 2.45) is 0 Å². The van der Waals surface area contributed by atoms with Crippen LogP contribution in [0.4, 0.5) is 4.39 Å². The van der Waals surface area contributed by atoms with Crippen molar-refractivity contribution in [2.45, 2.75) is 13.3 Å². The minimum absolute atomic E-state index is 0.0295. The van der Waals surface area contributed by atoms with Crippen LogP contribution in [0.25, 0.3) is 10.9 Å². The molecule has 0 atom stereocenters. The molecule has 4 heteroatoms. The minimum atomic E-state index is -0.317. The molecule has 2 aromatic rings. The molecule has 1 N–H and O–H groups in total. The number of aromatic amines is 1. The van der Waals surface area contributed by atoms with Crippen molar-refractivity contribution in [3.05, 3.63) is 35.8 Å². The van der Waals surface area contributed by atoms with Crippen LogP contribution >= 0.6 is 0 Å². The number of H-pyrrole nitrogens is 1. The van der Waals surface area contributed by atoms with E-state index in [4.69, 9.17) is 0 Å². The third-order valence-corrected chi connectivity index (χ3v) is 2.27. The molecule has 2 rings (SSSR count). The van der Waals surface area contributed by atoms with E-state index in [0.717, 1.165) is 5.52 Å². The van der Waals surface area contributed by atoms with E-state index in [2.05, 4.69) is 9.72 Å². The van der Waals surface area contributed by atoms with Crippen molar-refractivity contribution in [1.29, 1.82) is 0 Å². The van der Waals surface area contributed by atoms with E-state index in [1.54, 1.807) is 33.4 Å². The van der Waals surface area contributed by atoms with Gasteiger partial charge in [-0.05, 0) is 18.2 Å². The fourth-order valence-electron chi connectivity index (χ4n) is 1.51. The zero-order valence-corrected chi connectivity index (χ0v) is 10.2. The molecule has 0 spiro atoms. The topological polar surface area (TPSA) is 42.1 Å². The molecule has 0 radical (unpaired) electrons. The number of nitrogens with one attached hydrogen (secondary N) is 1. The second kappa shape index (κ2) is 6.15. The minimum Gasteiger partial charge on any atom is -0.388 e. The summed E-state index contributed by atoms with van der Waals surface area (Å²) in [6.45, 7) is 1.79. The number of rotatable bonds is 2. The highest BCUT2D eigenvalue weighted by molar-refractivity contribution is 6.07. The lowest BCUT2D eigenvalue weighted by Gasteiger charge is -1.95. The van der Waals surface area contributed by atoms with Gasteiger partial charge in [-0.25, -0.2) is 4.39 Å². The van der Waals surface area contributed by atoms with Gasteiger partial charge in [-0.2, -0.15) is 0 Å². The summed E-state index contributed by atoms with van der Waals surface area (Å²) >= 11 is 0. The maximum absolute atomic E-state index is 12.9. The van der Waals surface area contributed by atoms with Gasteiger partial charge < -0.3 is 9.72 Å². The number of methoxy groups -OCH3 is 1. The second-order valence-electron chi connectivity index (χ2n) is 3.58. The quantitative estimate of drug-likeness (QED) is 0.815. The van der Waals surface area contributed by atoms with Crippen LogP contribution in [-0.2, 0) is 4.74 Å². The zero-order chi connectivity index (χ0) is 12.8. The van der Waals surface area contributed by atoms with Crippen LogP contribution in [0.15, 0.2) is 24.4 Å². The van der Waals surface area contributed by atoms with Gasteiger partial charge >= 0.3 is 0 Å². The fraction of sp³-hybridized carbons (Fsp3) is 0.308. The van der Waals surface area contributed by atoms with Gasteiger partial charge in [0.2, 0.25) is 0 Å². The molecule has 17 heavy (non-hydrogen) atoms. The van der Waals surface area contributed by atoms with Crippen LogP contribution in [0, 0.1) is 5.82 Å². The molecule has 92 valence electrons. The number of halogens is 1. The summed E-state index contributed by atoms with van der Waals surface area (Å²) in [5.41, 5.74) is 1.37. The average Bonchev–Trinajstić information content (AvgIpc) is 2.72. The predicted molar refractivity (Wildman–Crippen MR) is 65.8 cm³/mol. The lowest BCUT2D eigenvalue weighted by atomic mass is 10.1. The molecule has 1 aromatic carbocycles. The Labute approximate surface area is 99.6 Å². The van der Waals surface area contributed by atoms with Crippen LogP contribution in [0.2, 0.25) is 0 Å². The number of carbonyl (C=O) groups excluding carboxylic acids is 1. The molecule has 0 amide bonds. The third kappa shape index (κ3) is 3.14. The molecule has 1 heterocycles. The van der Waals surface area contributed by atoms with Crippen LogP contribution < -0.4 is 0 Å². The monoisotopic (exact) mass is 237 g/mol. The average molecular weight is 237 g/mol. The number of hydrogen-bond acceptors (Lipinski definition) is 2. The Balaban J connectivity index is 0.000000437. The molecule has 0 unspecified atom stereocenters. The predicted octanol–water partition coefficient (Wildman–Crippen LogP) is 3.16. The van der Waals surface area contributed by atoms with E-state index in [1.165, 1.54) is 12.1 Å². The van der Waals surface area contributed by atoms with Crippen molar-refractivity contribution in [3.8, 4) is 0 Å². The summed E-state index contributed by atoms with van der Waals surface area (Å²) in [4.78, 5) is 14.4. The Kier molecular flexibility index (Phi) is 4.84. The number of carbonyl (C=O) groups is 1. The molecular weight excluding hydrogens is 221 g/mol. The van der Waals surface area contributed by atoms with Crippen LogP contribution in [0.1, 0.15) is 23.7 Å². The number of Topliss-reactive ketones (excluding diaryl/α,β-unsaturated/α-hetero) is 1. The van der Waals surface area contributed by atoms with E-state index in [0.29, 0.717) is 17.4 Å². The first-order valence-corrected chi connectivity index (χ1v) is 5.34. The molecule has 0 aliphatic rings. The van der Waals surface area contributed by atoms with E-state index in [9.17, 15) is 9.18 Å². The number of benzene rings is 1. The van der Waals surface area contributed by atoms with Gasteiger partial charge in [0.25, 0.3) is 0 Å². The second-order valence-corrected chi connectivity index (χ2v) is 3.58. The normalized spacial score (nSPS) is 9.88. The highest BCUT2D eigenvalue weighted by Crippen LogP contribution is 2.20. The van der Waals surface area contributed by atoms with E-state index < -0.39 is 0 Å². The number of aromatic nitrogens is 1. The number of fused-ring (bicyclic) bond motifs is 1. The molecule has 0 fully saturated rings. The Morgan fingerprint density at radius 1 is 1.41 bits per heavy atom. The molecular formula is C13H16FNO2. The molecule has 3 nitrogen and oxygen atoms in total. The van der Waals surface area contributed by atoms with Gasteiger partial charge in [0.15, 0.2) is 5.78 Å². The van der Waals surface area contributed by atoms with Crippen LogP contribution in [-0.4, -0.2) is 25.0 Å². The maximum Gasteiger partial charge on any atom is 0.164 e. The first-order valence-electron chi connectivity index (χ1n) is 5.34. The van der Waals surface area contributed by atoms with Crippen LogP contribution in [0.5, 0.6) is 0 Å². The Morgan fingerprint density at radius 3 is 2.65 bits per heavy atom. The summed E-state index contributed by atoms with van der Waals surface area (Å²) in [6, 6.07) is 4.39. The molecule has 0 saturated carbocycles. The highest BCUT2D eigenvalue weighted by Gasteiger charge is 2.10. The van der Waals surface area contributed by atoms with Gasteiger partial charge in [-0.15, -0.1) is 0 Å². The summed E-state index contributed by atoms with van der Waals surface area (Å²) < 4.78 is 17.2. The SMILES string of the molecule is CCC(=O)c1c[nH]c2ccc(F)cc12.COC. The van der Waals surface area contributed by atoms with Crippen molar-refractivity contribution >= 4 is 16.7 Å². The summed E-state index contributed by atoms with van der Waals surface area (Å²) in [5, 5.41) is 0.664. The van der Waals surface area contributed by atoms with E-state index in [1.807, 2.05) is 0 Å². The molecule has 0 aliphatic heterocycles. The first kappa shape index (κ1) is 13.4. The lowest BCUT2D eigenvalue weighted by molar-refractivity contribution is 0.0990. The van der Waals surface area contributed by atoms with E-state index >= 15 is 0 Å². The van der Waals surface area contributed by atoms with Gasteiger partial charge in [0, 0.05) is 43.3 Å². The Hall–Kier alpha value is -1.68. The standard InChI is InChI=1S/C11H10FNO.C2H6O/c1-2-11(14)9-6-13-10-4-3-7(12)5-8(9)10;1-3-2/h3-6,13H,2H2,1H3;1-2H3. The van der Waals surface area contributed by atoms with Crippen molar-refractivity contribution in [1.82, 2.24) is 4.98 Å². The summed E-state index contributed by atoms with van der Waals surface area (Å²) in [7, 11) is 3.25. The van der Waals surface area contributed by atoms with Crippen LogP contribution in [0.3, 0.4) is 0 Å². The maximum atomic E-state index is 12.9. The van der Waals surface area contributed by atoms with Crippen molar-refractivity contribution in [3.63, 3.8) is 0 Å².